The van der Waals surface area contributed by atoms with Gasteiger partial charge in [0.15, 0.2) is 0 Å². The van der Waals surface area contributed by atoms with Gasteiger partial charge in [-0.3, -0.25) is 0 Å². The molecule has 1 nitrogen and oxygen atoms in total. The van der Waals surface area contributed by atoms with Crippen LogP contribution in [-0.4, -0.2) is 0 Å². The van der Waals surface area contributed by atoms with Crippen LogP contribution in [0.5, 0.6) is 0 Å². The molecule has 0 aliphatic carbocycles. The first-order valence-electron chi connectivity index (χ1n) is 10.0. The van der Waals surface area contributed by atoms with Gasteiger partial charge in [0.1, 0.15) is 0 Å². The number of unbranched alkanes of at least 4 members (excludes halogenated alkanes) is 6. The molecule has 2 rings (SSSR count). The van der Waals surface area contributed by atoms with Gasteiger partial charge in [-0.15, -0.1) is 0 Å². The molecule has 2 aromatic carbocycles. The lowest BCUT2D eigenvalue weighted by atomic mass is 9.84. The van der Waals surface area contributed by atoms with Crippen molar-refractivity contribution in [2.24, 2.45) is 0 Å². The molecule has 0 bridgehead atoms. The van der Waals surface area contributed by atoms with Crippen LogP contribution < -0.4 is 5.73 Å². The number of benzene rings is 2. The average molecular weight is 338 g/mol. The van der Waals surface area contributed by atoms with Gasteiger partial charge in [-0.25, -0.2) is 0 Å². The zero-order valence-electron chi connectivity index (χ0n) is 16.4. The second-order valence-corrected chi connectivity index (χ2v) is 7.49. The number of hydrogen-bond acceptors (Lipinski definition) is 1. The van der Waals surface area contributed by atoms with Crippen molar-refractivity contribution >= 4 is 5.69 Å². The number of hydrogen-bond donors (Lipinski definition) is 1. The van der Waals surface area contributed by atoms with E-state index in [0.29, 0.717) is 5.92 Å². The Morgan fingerprint density at radius 3 is 2.08 bits per heavy atom. The zero-order chi connectivity index (χ0) is 18.1. The Labute approximate surface area is 154 Å². The van der Waals surface area contributed by atoms with E-state index in [-0.39, 0.29) is 0 Å². The van der Waals surface area contributed by atoms with Gasteiger partial charge in [-0.1, -0.05) is 87.8 Å². The number of nitrogen functional groups attached to an aromatic ring is 1. The fraction of sp³-hybridized carbons (Fsp3) is 0.500. The molecular formula is C24H35N. The predicted octanol–water partition coefficient (Wildman–Crippen LogP) is 7.16. The van der Waals surface area contributed by atoms with Crippen LogP contribution in [0.1, 0.15) is 86.5 Å². The average Bonchev–Trinajstić information content (AvgIpc) is 2.59. The summed E-state index contributed by atoms with van der Waals surface area (Å²) in [7, 11) is 0. The van der Waals surface area contributed by atoms with Crippen molar-refractivity contribution in [2.45, 2.75) is 78.1 Å². The van der Waals surface area contributed by atoms with Crippen LogP contribution >= 0.6 is 0 Å². The first kappa shape index (κ1) is 19.6. The molecule has 0 heterocycles. The maximum absolute atomic E-state index is 5.97. The van der Waals surface area contributed by atoms with Crippen molar-refractivity contribution in [2.75, 3.05) is 5.73 Å². The summed E-state index contributed by atoms with van der Waals surface area (Å²) >= 11 is 0. The summed E-state index contributed by atoms with van der Waals surface area (Å²) in [5, 5.41) is 0. The summed E-state index contributed by atoms with van der Waals surface area (Å²) in [6.45, 7) is 6.63. The molecule has 136 valence electrons. The van der Waals surface area contributed by atoms with Crippen LogP contribution in [0.3, 0.4) is 0 Å². The molecule has 25 heavy (non-hydrogen) atoms. The van der Waals surface area contributed by atoms with Crippen LogP contribution in [0.25, 0.3) is 0 Å². The minimum absolute atomic E-state index is 0.483. The fourth-order valence-corrected chi connectivity index (χ4v) is 3.70. The van der Waals surface area contributed by atoms with Gasteiger partial charge in [0, 0.05) is 11.6 Å². The van der Waals surface area contributed by atoms with Crippen LogP contribution in [0.2, 0.25) is 0 Å². The molecule has 0 aliphatic rings. The van der Waals surface area contributed by atoms with E-state index in [1.54, 1.807) is 0 Å². The molecule has 1 unspecified atom stereocenters. The first-order valence-corrected chi connectivity index (χ1v) is 10.0. The Kier molecular flexibility index (Phi) is 8.04. The van der Waals surface area contributed by atoms with Gasteiger partial charge in [-0.05, 0) is 49.1 Å². The summed E-state index contributed by atoms with van der Waals surface area (Å²) in [5.74, 6) is 0.483. The molecule has 1 heteroatoms. The highest BCUT2D eigenvalue weighted by molar-refractivity contribution is 5.47. The quantitative estimate of drug-likeness (QED) is 0.361. The Bertz CT molecular complexity index is 627. The van der Waals surface area contributed by atoms with Crippen molar-refractivity contribution in [3.05, 3.63) is 64.7 Å². The van der Waals surface area contributed by atoms with Gasteiger partial charge in [-0.2, -0.15) is 0 Å². The third-order valence-corrected chi connectivity index (χ3v) is 5.25. The molecule has 0 spiro atoms. The molecular weight excluding hydrogens is 302 g/mol. The number of aryl methyl sites for hydroxylation is 2. The number of nitrogens with two attached hydrogens (primary N) is 1. The van der Waals surface area contributed by atoms with Crippen LogP contribution in [-0.2, 0) is 0 Å². The van der Waals surface area contributed by atoms with Crippen molar-refractivity contribution in [3.63, 3.8) is 0 Å². The maximum atomic E-state index is 5.97. The standard InChI is InChI=1S/C24H35N/c1-4-5-6-7-8-9-10-11-24(21-14-12-19(2)13-15-21)23-17-16-22(25)18-20(23)3/h12-18,24H,4-11,25H2,1-3H3. The maximum Gasteiger partial charge on any atom is 0.0316 e. The summed E-state index contributed by atoms with van der Waals surface area (Å²) in [6.07, 6.45) is 10.7. The highest BCUT2D eigenvalue weighted by Crippen LogP contribution is 2.33. The van der Waals surface area contributed by atoms with Crippen LogP contribution in [0, 0.1) is 13.8 Å². The molecule has 2 aromatic rings. The van der Waals surface area contributed by atoms with E-state index in [0.717, 1.165) is 5.69 Å². The lowest BCUT2D eigenvalue weighted by Crippen LogP contribution is -2.04. The molecule has 2 N–H and O–H groups in total. The van der Waals surface area contributed by atoms with Crippen molar-refractivity contribution in [1.82, 2.24) is 0 Å². The van der Waals surface area contributed by atoms with Crippen molar-refractivity contribution in [3.8, 4) is 0 Å². The van der Waals surface area contributed by atoms with E-state index < -0.39 is 0 Å². The molecule has 0 aliphatic heterocycles. The molecule has 1 atom stereocenters. The van der Waals surface area contributed by atoms with E-state index in [9.17, 15) is 0 Å². The Morgan fingerprint density at radius 1 is 0.800 bits per heavy atom. The summed E-state index contributed by atoms with van der Waals surface area (Å²) in [6, 6.07) is 15.5. The highest BCUT2D eigenvalue weighted by atomic mass is 14.5. The van der Waals surface area contributed by atoms with E-state index in [1.165, 1.54) is 73.6 Å². The van der Waals surface area contributed by atoms with E-state index in [2.05, 4.69) is 57.2 Å². The number of rotatable bonds is 10. The fourth-order valence-electron chi connectivity index (χ4n) is 3.70. The molecule has 0 radical (unpaired) electrons. The van der Waals surface area contributed by atoms with Gasteiger partial charge >= 0.3 is 0 Å². The molecule has 0 amide bonds. The summed E-state index contributed by atoms with van der Waals surface area (Å²) in [5.41, 5.74) is 12.3. The summed E-state index contributed by atoms with van der Waals surface area (Å²) < 4.78 is 0. The van der Waals surface area contributed by atoms with Crippen molar-refractivity contribution in [1.29, 1.82) is 0 Å². The van der Waals surface area contributed by atoms with E-state index >= 15 is 0 Å². The smallest absolute Gasteiger partial charge is 0.0316 e. The lowest BCUT2D eigenvalue weighted by molar-refractivity contribution is 0.558. The van der Waals surface area contributed by atoms with Gasteiger partial charge < -0.3 is 5.73 Å². The van der Waals surface area contributed by atoms with Gasteiger partial charge in [0.2, 0.25) is 0 Å². The molecule has 0 saturated carbocycles. The molecule has 0 fully saturated rings. The van der Waals surface area contributed by atoms with Crippen LogP contribution in [0.4, 0.5) is 5.69 Å². The monoisotopic (exact) mass is 337 g/mol. The molecule has 0 aromatic heterocycles. The minimum atomic E-state index is 0.483. The highest BCUT2D eigenvalue weighted by Gasteiger charge is 2.16. The zero-order valence-corrected chi connectivity index (χ0v) is 16.4. The number of anilines is 1. The molecule has 0 saturated heterocycles. The second kappa shape index (κ2) is 10.3. The van der Waals surface area contributed by atoms with Crippen molar-refractivity contribution < 1.29 is 0 Å². The van der Waals surface area contributed by atoms with Gasteiger partial charge in [0.05, 0.1) is 0 Å². The summed E-state index contributed by atoms with van der Waals surface area (Å²) in [4.78, 5) is 0. The Hall–Kier alpha value is -1.76. The first-order chi connectivity index (χ1) is 12.1. The Morgan fingerprint density at radius 2 is 1.44 bits per heavy atom. The van der Waals surface area contributed by atoms with E-state index in [1.807, 2.05) is 6.07 Å². The Balaban J connectivity index is 2.04. The SMILES string of the molecule is CCCCCCCCCC(c1ccc(C)cc1)c1ccc(N)cc1C. The minimum Gasteiger partial charge on any atom is -0.399 e. The van der Waals surface area contributed by atoms with E-state index in [4.69, 9.17) is 5.73 Å². The van der Waals surface area contributed by atoms with Gasteiger partial charge in [0.25, 0.3) is 0 Å². The largest absolute Gasteiger partial charge is 0.399 e. The van der Waals surface area contributed by atoms with Crippen LogP contribution in [0.15, 0.2) is 42.5 Å². The third kappa shape index (κ3) is 6.23. The topological polar surface area (TPSA) is 26.0 Å². The predicted molar refractivity (Wildman–Crippen MR) is 111 cm³/mol. The third-order valence-electron chi connectivity index (χ3n) is 5.25. The second-order valence-electron chi connectivity index (χ2n) is 7.49. The normalized spacial score (nSPS) is 12.3. The lowest BCUT2D eigenvalue weighted by Gasteiger charge is -2.21.